The molecule has 4 nitrogen and oxygen atoms in total. The van der Waals surface area contributed by atoms with Gasteiger partial charge in [0.25, 0.3) is 0 Å². The fraction of sp³-hybridized carbons (Fsp3) is 0.143. The Hall–Kier alpha value is -1.43. The predicted octanol–water partition coefficient (Wildman–Crippen LogP) is 4.09. The largest absolute Gasteiger partial charge is 0.399 e. The van der Waals surface area contributed by atoms with Crippen molar-refractivity contribution in [1.82, 2.24) is 4.98 Å². The molecule has 1 heterocycles. The first-order chi connectivity index (χ1) is 10.0. The van der Waals surface area contributed by atoms with Crippen LogP contribution in [0.4, 0.5) is 11.4 Å². The van der Waals surface area contributed by atoms with Crippen molar-refractivity contribution in [1.29, 1.82) is 0 Å². The molecule has 0 aliphatic rings. The minimum Gasteiger partial charge on any atom is -0.399 e. The number of hydrogen-bond acceptors (Lipinski definition) is 4. The highest BCUT2D eigenvalue weighted by atomic mass is 35.5. The van der Waals surface area contributed by atoms with Gasteiger partial charge in [-0.3, -0.25) is 4.79 Å². The van der Waals surface area contributed by atoms with Crippen LogP contribution in [-0.2, 0) is 4.79 Å². The molecule has 0 bridgehead atoms. The van der Waals surface area contributed by atoms with Crippen LogP contribution < -0.4 is 11.1 Å². The Morgan fingerprint density at radius 1 is 1.29 bits per heavy atom. The summed E-state index contributed by atoms with van der Waals surface area (Å²) in [4.78, 5) is 16.0. The summed E-state index contributed by atoms with van der Waals surface area (Å²) in [6.45, 7) is 0. The van der Waals surface area contributed by atoms with Crippen molar-refractivity contribution in [2.75, 3.05) is 16.8 Å². The van der Waals surface area contributed by atoms with Crippen LogP contribution in [0.25, 0.3) is 0 Å². The Kier molecular flexibility index (Phi) is 5.73. The number of benzene rings is 1. The monoisotopic (exact) mass is 341 g/mol. The first-order valence-corrected chi connectivity index (χ1v) is 7.88. The van der Waals surface area contributed by atoms with Gasteiger partial charge >= 0.3 is 0 Å². The van der Waals surface area contributed by atoms with E-state index in [2.05, 4.69) is 10.3 Å². The van der Waals surface area contributed by atoms with Crippen LogP contribution in [0.2, 0.25) is 10.0 Å². The lowest BCUT2D eigenvalue weighted by molar-refractivity contribution is -0.115. The van der Waals surface area contributed by atoms with Gasteiger partial charge in [-0.2, -0.15) is 0 Å². The Bertz CT molecular complexity index is 635. The zero-order chi connectivity index (χ0) is 15.2. The van der Waals surface area contributed by atoms with Crippen LogP contribution in [0.5, 0.6) is 0 Å². The van der Waals surface area contributed by atoms with Gasteiger partial charge in [-0.15, -0.1) is 11.8 Å². The van der Waals surface area contributed by atoms with Crippen molar-refractivity contribution in [3.05, 3.63) is 46.6 Å². The molecule has 1 amide bonds. The summed E-state index contributed by atoms with van der Waals surface area (Å²) in [5.74, 6) is 0.510. The number of nitrogens with zero attached hydrogens (tertiary/aromatic N) is 1. The van der Waals surface area contributed by atoms with Crippen LogP contribution in [0.1, 0.15) is 6.42 Å². The Balaban J connectivity index is 1.81. The molecule has 0 radical (unpaired) electrons. The van der Waals surface area contributed by atoms with E-state index in [0.29, 0.717) is 33.6 Å². The first kappa shape index (κ1) is 15.9. The van der Waals surface area contributed by atoms with Gasteiger partial charge in [0.2, 0.25) is 5.91 Å². The topological polar surface area (TPSA) is 68.0 Å². The second kappa shape index (κ2) is 7.54. The first-order valence-electron chi connectivity index (χ1n) is 6.14. The smallest absolute Gasteiger partial charge is 0.225 e. The van der Waals surface area contributed by atoms with E-state index in [1.54, 1.807) is 30.5 Å². The Labute approximate surface area is 137 Å². The van der Waals surface area contributed by atoms with E-state index in [-0.39, 0.29) is 5.91 Å². The van der Waals surface area contributed by atoms with Gasteiger partial charge in [-0.25, -0.2) is 4.98 Å². The summed E-state index contributed by atoms with van der Waals surface area (Å²) in [6, 6.07) is 8.56. The number of pyridine rings is 1. The molecule has 0 fully saturated rings. The van der Waals surface area contributed by atoms with Gasteiger partial charge in [0.1, 0.15) is 0 Å². The summed E-state index contributed by atoms with van der Waals surface area (Å²) in [6.07, 6.45) is 1.94. The van der Waals surface area contributed by atoms with Gasteiger partial charge < -0.3 is 11.1 Å². The molecular formula is C14H13Cl2N3OS. The molecule has 3 N–H and O–H groups in total. The zero-order valence-corrected chi connectivity index (χ0v) is 13.3. The van der Waals surface area contributed by atoms with E-state index in [9.17, 15) is 4.79 Å². The molecule has 1 aromatic heterocycles. The molecule has 110 valence electrons. The number of amides is 1. The average Bonchev–Trinajstić information content (AvgIpc) is 2.44. The lowest BCUT2D eigenvalue weighted by Gasteiger charge is -2.07. The number of hydrogen-bond donors (Lipinski definition) is 2. The molecule has 0 spiro atoms. The normalized spacial score (nSPS) is 10.4. The van der Waals surface area contributed by atoms with Crippen LogP contribution in [0.3, 0.4) is 0 Å². The van der Waals surface area contributed by atoms with Crippen molar-refractivity contribution in [2.24, 2.45) is 0 Å². The molecular weight excluding hydrogens is 329 g/mol. The number of thioether (sulfide) groups is 1. The van der Waals surface area contributed by atoms with E-state index < -0.39 is 0 Å². The number of aromatic nitrogens is 1. The van der Waals surface area contributed by atoms with Gasteiger partial charge in [0.05, 0.1) is 20.8 Å². The minimum atomic E-state index is -0.108. The third-order valence-corrected chi connectivity index (χ3v) is 4.03. The fourth-order valence-corrected chi connectivity index (χ4v) is 2.68. The van der Waals surface area contributed by atoms with Crippen molar-refractivity contribution >= 4 is 52.2 Å². The lowest BCUT2D eigenvalue weighted by Crippen LogP contribution is -2.12. The van der Waals surface area contributed by atoms with Crippen LogP contribution in [0, 0.1) is 0 Å². The summed E-state index contributed by atoms with van der Waals surface area (Å²) in [5, 5.41) is 4.60. The number of nitrogens with two attached hydrogens (primary N) is 1. The predicted molar refractivity (Wildman–Crippen MR) is 89.1 cm³/mol. The quantitative estimate of drug-likeness (QED) is 0.634. The molecule has 0 aliphatic heterocycles. The van der Waals surface area contributed by atoms with Crippen molar-refractivity contribution in [2.45, 2.75) is 11.4 Å². The van der Waals surface area contributed by atoms with E-state index >= 15 is 0 Å². The SMILES string of the molecule is Nc1ccc(NC(=O)CCSc2ccc(Cl)cn2)c(Cl)c1. The second-order valence-electron chi connectivity index (χ2n) is 4.20. The van der Waals surface area contributed by atoms with Crippen LogP contribution >= 0.6 is 35.0 Å². The summed E-state index contributed by atoms with van der Waals surface area (Å²) in [5.41, 5.74) is 6.72. The third-order valence-electron chi connectivity index (χ3n) is 2.55. The number of carbonyl (C=O) groups is 1. The van der Waals surface area contributed by atoms with Gasteiger partial charge in [0.15, 0.2) is 0 Å². The van der Waals surface area contributed by atoms with Crippen molar-refractivity contribution < 1.29 is 4.79 Å². The third kappa shape index (κ3) is 5.12. The zero-order valence-electron chi connectivity index (χ0n) is 11.0. The maximum absolute atomic E-state index is 11.8. The van der Waals surface area contributed by atoms with Gasteiger partial charge in [-0.1, -0.05) is 23.2 Å². The number of halogens is 2. The number of carbonyl (C=O) groups excluding carboxylic acids is 1. The molecule has 0 atom stereocenters. The number of nitrogen functional groups attached to an aromatic ring is 1. The van der Waals surface area contributed by atoms with Gasteiger partial charge in [0, 0.05) is 24.1 Å². The molecule has 2 aromatic rings. The molecule has 7 heteroatoms. The standard InChI is InChI=1S/C14H13Cl2N3OS/c15-9-1-4-14(18-8-9)21-6-5-13(20)19-12-3-2-10(17)7-11(12)16/h1-4,7-8H,5-6,17H2,(H,19,20). The summed E-state index contributed by atoms with van der Waals surface area (Å²) in [7, 11) is 0. The van der Waals surface area contributed by atoms with E-state index in [4.69, 9.17) is 28.9 Å². The average molecular weight is 342 g/mol. The van der Waals surface area contributed by atoms with Crippen LogP contribution in [-0.4, -0.2) is 16.6 Å². The molecule has 1 aromatic carbocycles. The maximum atomic E-state index is 11.8. The van der Waals surface area contributed by atoms with E-state index in [1.807, 2.05) is 6.07 Å². The number of nitrogens with one attached hydrogen (secondary N) is 1. The second-order valence-corrected chi connectivity index (χ2v) is 6.16. The Morgan fingerprint density at radius 2 is 2.10 bits per heavy atom. The van der Waals surface area contributed by atoms with Crippen molar-refractivity contribution in [3.8, 4) is 0 Å². The van der Waals surface area contributed by atoms with E-state index in [1.165, 1.54) is 11.8 Å². The lowest BCUT2D eigenvalue weighted by atomic mass is 10.3. The summed E-state index contributed by atoms with van der Waals surface area (Å²) < 4.78 is 0. The molecule has 2 rings (SSSR count). The summed E-state index contributed by atoms with van der Waals surface area (Å²) >= 11 is 13.2. The molecule has 0 aliphatic carbocycles. The molecule has 0 saturated heterocycles. The molecule has 0 saturated carbocycles. The highest BCUT2D eigenvalue weighted by molar-refractivity contribution is 7.99. The highest BCUT2D eigenvalue weighted by Crippen LogP contribution is 2.24. The minimum absolute atomic E-state index is 0.108. The van der Waals surface area contributed by atoms with Gasteiger partial charge in [-0.05, 0) is 30.3 Å². The molecule has 0 unspecified atom stereocenters. The number of rotatable bonds is 5. The van der Waals surface area contributed by atoms with E-state index in [0.717, 1.165) is 5.03 Å². The highest BCUT2D eigenvalue weighted by Gasteiger charge is 2.06. The number of anilines is 2. The van der Waals surface area contributed by atoms with Crippen LogP contribution in [0.15, 0.2) is 41.6 Å². The fourth-order valence-electron chi connectivity index (χ4n) is 1.54. The Morgan fingerprint density at radius 3 is 2.76 bits per heavy atom. The maximum Gasteiger partial charge on any atom is 0.225 e. The molecule has 21 heavy (non-hydrogen) atoms. The van der Waals surface area contributed by atoms with Crippen molar-refractivity contribution in [3.63, 3.8) is 0 Å².